The van der Waals surface area contributed by atoms with Gasteiger partial charge >= 0.3 is 42.7 Å². The van der Waals surface area contributed by atoms with E-state index < -0.39 is 35.3 Å². The van der Waals surface area contributed by atoms with Crippen molar-refractivity contribution in [3.8, 4) is 0 Å². The summed E-state index contributed by atoms with van der Waals surface area (Å²) >= 11 is 0. The molecule has 1 radical (unpaired) electrons. The molecule has 1 heterocycles. The van der Waals surface area contributed by atoms with Crippen LogP contribution in [0.3, 0.4) is 0 Å². The fourth-order valence-electron chi connectivity index (χ4n) is 5.67. The van der Waals surface area contributed by atoms with Gasteiger partial charge in [0.05, 0.1) is 6.61 Å². The van der Waals surface area contributed by atoms with E-state index in [4.69, 9.17) is 4.74 Å². The number of ether oxygens (including phenoxy) is 1. The van der Waals surface area contributed by atoms with Crippen molar-refractivity contribution in [2.24, 2.45) is 14.8 Å². The zero-order valence-electron chi connectivity index (χ0n) is 31.2. The molecular weight excluding hydrogens is 649 g/mol. The number of benzene rings is 1. The number of amidine groups is 1. The summed E-state index contributed by atoms with van der Waals surface area (Å²) in [5.41, 5.74) is 1.97. The van der Waals surface area contributed by atoms with Gasteiger partial charge in [-0.1, -0.05) is 49.9 Å². The van der Waals surface area contributed by atoms with Crippen LogP contribution in [0.2, 0.25) is 34.1 Å². The summed E-state index contributed by atoms with van der Waals surface area (Å²) in [6.07, 6.45) is 7.70. The second-order valence-electron chi connectivity index (χ2n) is 12.8. The quantitative estimate of drug-likeness (QED) is 0.0270. The average Bonchev–Trinajstić information content (AvgIpc) is 3.08. The van der Waals surface area contributed by atoms with E-state index in [0.717, 1.165) is 82.4 Å². The van der Waals surface area contributed by atoms with Crippen LogP contribution in [-0.4, -0.2) is 145 Å². The monoisotopic (exact) mass is 707 g/mol. The van der Waals surface area contributed by atoms with Crippen molar-refractivity contribution in [3.63, 3.8) is 0 Å². The van der Waals surface area contributed by atoms with Gasteiger partial charge in [0.15, 0.2) is 11.9 Å². The van der Waals surface area contributed by atoms with E-state index in [2.05, 4.69) is 25.3 Å². The molecule has 0 amide bonds. The molecule has 0 bridgehead atoms. The first-order chi connectivity index (χ1) is 24.4. The Kier molecular flexibility index (Phi) is 21.8. The van der Waals surface area contributed by atoms with Crippen molar-refractivity contribution in [1.82, 2.24) is 25.0 Å². The van der Waals surface area contributed by atoms with Gasteiger partial charge in [-0.05, 0) is 65.4 Å². The van der Waals surface area contributed by atoms with Gasteiger partial charge in [-0.15, -0.1) is 0 Å². The van der Waals surface area contributed by atoms with Crippen LogP contribution in [0.4, 0.5) is 0 Å². The maximum Gasteiger partial charge on any atom is 0.431 e. The Balaban J connectivity index is 1.82. The van der Waals surface area contributed by atoms with Gasteiger partial charge in [0.25, 0.3) is 0 Å². The Morgan fingerprint density at radius 3 is 2.16 bits per heavy atom. The molecule has 51 heavy (non-hydrogen) atoms. The van der Waals surface area contributed by atoms with E-state index in [1.807, 2.05) is 29.1 Å². The molecule has 15 nitrogen and oxygen atoms in total. The highest BCUT2D eigenvalue weighted by molar-refractivity contribution is 6.66. The third kappa shape index (κ3) is 17.4. The van der Waals surface area contributed by atoms with Crippen LogP contribution in [0.1, 0.15) is 62.5 Å². The van der Waals surface area contributed by atoms with Gasteiger partial charge in [0.2, 0.25) is 0 Å². The summed E-state index contributed by atoms with van der Waals surface area (Å²) in [4.78, 5) is 28.8. The number of nitrogens with zero attached hydrogens (tertiary/aromatic N) is 6. The van der Waals surface area contributed by atoms with Crippen LogP contribution >= 0.6 is 0 Å². The van der Waals surface area contributed by atoms with Gasteiger partial charge < -0.3 is 64.5 Å². The number of hydrogen-bond acceptors (Lipinski definition) is 11. The number of hydrogen-bond donors (Lipinski definition) is 7. The van der Waals surface area contributed by atoms with E-state index in [1.165, 1.54) is 0 Å². The molecule has 0 atom stereocenters. The highest BCUT2D eigenvalue weighted by Gasteiger charge is 2.29. The van der Waals surface area contributed by atoms with Crippen molar-refractivity contribution in [2.45, 2.75) is 92.1 Å². The van der Waals surface area contributed by atoms with Gasteiger partial charge in [-0.3, -0.25) is 9.90 Å². The molecule has 1 aliphatic heterocycles. The van der Waals surface area contributed by atoms with E-state index >= 15 is 0 Å². The molecule has 0 spiro atoms. The number of rotatable bonds is 23. The smallest absolute Gasteiger partial charge is 0.431 e. The molecule has 21 heteroatoms. The van der Waals surface area contributed by atoms with E-state index in [1.54, 1.807) is 43.7 Å². The second kappa shape index (κ2) is 25.1. The molecule has 1 aromatic rings. The van der Waals surface area contributed by atoms with Crippen molar-refractivity contribution in [1.29, 1.82) is 0 Å². The van der Waals surface area contributed by atoms with Gasteiger partial charge in [0, 0.05) is 44.9 Å². The van der Waals surface area contributed by atoms with Crippen molar-refractivity contribution in [3.05, 3.63) is 35.4 Å². The largest absolute Gasteiger partial charge is 0.433 e. The first-order valence-electron chi connectivity index (χ1n) is 18.3. The minimum Gasteiger partial charge on any atom is -0.433 e. The maximum atomic E-state index is 10.7. The summed E-state index contributed by atoms with van der Waals surface area (Å²) < 4.78 is 5.95. The van der Waals surface area contributed by atoms with Crippen molar-refractivity contribution in [2.75, 3.05) is 39.3 Å². The molecule has 0 saturated heterocycles. The zero-order chi connectivity index (χ0) is 37.6. The summed E-state index contributed by atoms with van der Waals surface area (Å²) in [7, 11) is -3.10. The van der Waals surface area contributed by atoms with Crippen LogP contribution in [0.25, 0.3) is 0 Å². The summed E-state index contributed by atoms with van der Waals surface area (Å²) in [5.74, 6) is 1.50. The lowest BCUT2D eigenvalue weighted by atomic mass is 9.80. The molecule has 1 aromatic carbocycles. The fraction of sp³-hybridized carbons (Fsp3) is 0.667. The van der Waals surface area contributed by atoms with Gasteiger partial charge in [-0.2, -0.15) is 0 Å². The standard InChI is InChI=1S/C30H57B6N8O7/c1-32(46)40-29(39-31-25-45)38-18-10-8-6-7-9-11-20-43(35(4)49)30(41-33(2)47)44(36(5)50)22-13-23-51-24-26-14-16-27(17-15-26)28-37-19-12-21-42(28)34(3)48/h14-17,25,46-50H,6-13,18-24H2,1-5H3,(H2,38,39,40). The van der Waals surface area contributed by atoms with Crippen molar-refractivity contribution < 1.29 is 34.7 Å². The number of carbonyl (C=O) groups is 1. The topological polar surface area (TPSA) is 198 Å². The molecule has 7 N–H and O–H groups in total. The first-order valence-corrected chi connectivity index (χ1v) is 18.3. The Labute approximate surface area is 307 Å². The zero-order valence-corrected chi connectivity index (χ0v) is 31.2. The Morgan fingerprint density at radius 1 is 0.941 bits per heavy atom. The highest BCUT2D eigenvalue weighted by atomic mass is 16.5. The number of unbranched alkanes of at least 4 members (excludes halogenated alkanes) is 5. The van der Waals surface area contributed by atoms with Crippen LogP contribution in [0.5, 0.6) is 0 Å². The molecule has 0 aliphatic carbocycles. The Bertz CT molecular complexity index is 1220. The van der Waals surface area contributed by atoms with Gasteiger partial charge in [-0.25, -0.2) is 0 Å². The fourth-order valence-corrected chi connectivity index (χ4v) is 5.67. The summed E-state index contributed by atoms with van der Waals surface area (Å²) in [6, 6.07) is 8.00. The van der Waals surface area contributed by atoms with Gasteiger partial charge in [0.1, 0.15) is 12.0 Å². The van der Waals surface area contributed by atoms with Crippen molar-refractivity contribution >= 4 is 66.6 Å². The third-order valence-corrected chi connectivity index (χ3v) is 8.16. The first kappa shape index (κ1) is 44.2. The number of carbonyl (C=O) groups excluding carboxylic acids is 1. The predicted octanol–water partition coefficient (Wildman–Crippen LogP) is 0.242. The molecular formula is C30H57B6N8O7. The summed E-state index contributed by atoms with van der Waals surface area (Å²) in [6.45, 7) is 12.1. The number of aliphatic imine (C=N–C) groups is 1. The lowest BCUT2D eigenvalue weighted by Gasteiger charge is -2.37. The predicted molar refractivity (Wildman–Crippen MR) is 212 cm³/mol. The van der Waals surface area contributed by atoms with Crippen LogP contribution in [-0.2, 0) is 16.1 Å². The molecule has 0 saturated carbocycles. The third-order valence-electron chi connectivity index (χ3n) is 8.16. The average molecular weight is 707 g/mol. The molecule has 1 aliphatic rings. The molecule has 0 fully saturated rings. The number of nitrogens with one attached hydrogen (secondary N) is 2. The van der Waals surface area contributed by atoms with E-state index in [9.17, 15) is 29.9 Å². The Hall–Kier alpha value is -2.95. The maximum absolute atomic E-state index is 10.7. The molecule has 2 rings (SSSR count). The highest BCUT2D eigenvalue weighted by Crippen LogP contribution is 2.15. The van der Waals surface area contributed by atoms with Crippen LogP contribution in [0.15, 0.2) is 39.1 Å². The summed E-state index contributed by atoms with van der Waals surface area (Å²) in [5, 5.41) is 57.1. The van der Waals surface area contributed by atoms with Crippen LogP contribution in [0, 0.1) is 0 Å². The van der Waals surface area contributed by atoms with E-state index in [-0.39, 0.29) is 0 Å². The molecule has 0 aromatic heterocycles. The molecule has 277 valence electrons. The lowest BCUT2D eigenvalue weighted by Crippen LogP contribution is -2.56. The normalized spacial score (nSPS) is 13.3. The van der Waals surface area contributed by atoms with E-state index in [0.29, 0.717) is 57.4 Å². The Morgan fingerprint density at radius 2 is 1.57 bits per heavy atom. The lowest BCUT2D eigenvalue weighted by molar-refractivity contribution is 0.116. The van der Waals surface area contributed by atoms with Crippen LogP contribution < -0.4 is 10.5 Å². The minimum absolute atomic E-state index is 0.337. The second-order valence-corrected chi connectivity index (χ2v) is 12.8. The number of guanidine groups is 2. The SMILES string of the molecule is CB(O)N=C(N(CCCCCCCCNC(=N[B]C=O)NB(C)O)B(C)O)N(CCCOCc1ccc(C2=NCCCN2B(C)O)cc1)B(C)O. The minimum atomic E-state index is -1.03. The molecule has 0 unspecified atom stereocenters.